The summed E-state index contributed by atoms with van der Waals surface area (Å²) in [5, 5.41) is -0.625. The molecule has 0 aliphatic carbocycles. The van der Waals surface area contributed by atoms with E-state index in [2.05, 4.69) is 0 Å². The molecule has 13 heavy (non-hydrogen) atoms. The van der Waals surface area contributed by atoms with Crippen LogP contribution < -0.4 is 0 Å². The van der Waals surface area contributed by atoms with Gasteiger partial charge < -0.3 is 0 Å². The summed E-state index contributed by atoms with van der Waals surface area (Å²) >= 11 is 0. The van der Waals surface area contributed by atoms with Gasteiger partial charge >= 0.3 is 0 Å². The van der Waals surface area contributed by atoms with E-state index < -0.39 is 5.14 Å². The Morgan fingerprint density at radius 2 is 0.846 bits per heavy atom. The van der Waals surface area contributed by atoms with E-state index in [9.17, 15) is 0 Å². The van der Waals surface area contributed by atoms with Gasteiger partial charge in [0.2, 0.25) is 5.14 Å². The van der Waals surface area contributed by atoms with Gasteiger partial charge in [0.25, 0.3) is 0 Å². The van der Waals surface area contributed by atoms with Crippen molar-refractivity contribution in [3.63, 3.8) is 0 Å². The van der Waals surface area contributed by atoms with Gasteiger partial charge in [0, 0.05) is 0 Å². The van der Waals surface area contributed by atoms with Crippen LogP contribution in [0.3, 0.4) is 0 Å². The van der Waals surface area contributed by atoms with Gasteiger partial charge in [-0.05, 0) is 27.7 Å². The number of rotatable bonds is 8. The highest BCUT2D eigenvalue weighted by molar-refractivity contribution is 3.99. The monoisotopic (exact) mass is 194 g/mol. The summed E-state index contributed by atoms with van der Waals surface area (Å²) in [7, 11) is 0. The summed E-state index contributed by atoms with van der Waals surface area (Å²) in [5.41, 5.74) is 0. The Morgan fingerprint density at radius 3 is 1.00 bits per heavy atom. The molecule has 0 heterocycles. The van der Waals surface area contributed by atoms with Crippen LogP contribution in [-0.4, -0.2) is 31.6 Å². The van der Waals surface area contributed by atoms with Crippen LogP contribution in [0.15, 0.2) is 0 Å². The Hall–Kier alpha value is -0.200. The largest absolute Gasteiger partial charge is 0.247 e. The van der Waals surface area contributed by atoms with E-state index in [-0.39, 0.29) is 0 Å². The predicted molar refractivity (Wildman–Crippen MR) is 46.8 cm³/mol. The number of nitrogens with zero attached hydrogens (tertiary/aromatic N) is 1. The molecule has 0 saturated heterocycles. The fourth-order valence-corrected chi connectivity index (χ4v) is 0.856. The topological polar surface area (TPSA) is 36.9 Å². The van der Waals surface area contributed by atoms with Crippen molar-refractivity contribution in [2.24, 2.45) is 0 Å². The minimum atomic E-state index is -0.625. The van der Waals surface area contributed by atoms with Crippen molar-refractivity contribution in [1.29, 1.82) is 0 Å². The van der Waals surface area contributed by atoms with E-state index in [4.69, 9.17) is 19.4 Å². The molecule has 0 N–H and O–H groups in total. The molecule has 0 aliphatic heterocycles. The zero-order valence-corrected chi connectivity index (χ0v) is 8.91. The van der Waals surface area contributed by atoms with Gasteiger partial charge in [0.15, 0.2) is 0 Å². The quantitative estimate of drug-likeness (QED) is 0.434. The Labute approximate surface area is 79.5 Å². The van der Waals surface area contributed by atoms with Crippen molar-refractivity contribution in [1.82, 2.24) is 0 Å². The molecule has 0 aromatic rings. The van der Waals surface area contributed by atoms with E-state index in [1.54, 1.807) is 0 Å². The van der Waals surface area contributed by atoms with Gasteiger partial charge in [-0.2, -0.15) is 0 Å². The molecule has 0 fully saturated rings. The minimum Gasteiger partial charge on any atom is -0.0967 e. The van der Waals surface area contributed by atoms with Gasteiger partial charge in [-0.1, -0.05) is 19.4 Å². The first kappa shape index (κ1) is 12.8. The van der Waals surface area contributed by atoms with E-state index in [0.717, 1.165) is 0 Å². The molecule has 0 aliphatic rings. The zero-order valence-electron chi connectivity index (χ0n) is 8.91. The number of hydrogen-bond donors (Lipinski definition) is 0. The standard InChI is InChI=1S/C8H20NO4/c1-5-10-9(11-6-2,12-7-3)13-8-4/h5-8H2,1-4H3/q+1. The average molecular weight is 194 g/mol. The summed E-state index contributed by atoms with van der Waals surface area (Å²) in [6, 6.07) is 0. The van der Waals surface area contributed by atoms with Crippen molar-refractivity contribution in [3.8, 4) is 0 Å². The molecule has 0 aromatic heterocycles. The highest BCUT2D eigenvalue weighted by atomic mass is 17.4. The molecular formula is C8H20NO4+. The lowest BCUT2D eigenvalue weighted by Crippen LogP contribution is -2.47. The van der Waals surface area contributed by atoms with Crippen LogP contribution in [0.5, 0.6) is 0 Å². The Balaban J connectivity index is 4.19. The number of hydrogen-bond acceptors (Lipinski definition) is 4. The van der Waals surface area contributed by atoms with Crippen molar-refractivity contribution in [2.45, 2.75) is 27.7 Å². The third-order valence-corrected chi connectivity index (χ3v) is 1.15. The predicted octanol–water partition coefficient (Wildman–Crippen LogP) is 1.61. The third-order valence-electron chi connectivity index (χ3n) is 1.15. The second kappa shape index (κ2) is 7.23. The van der Waals surface area contributed by atoms with Crippen LogP contribution in [0.25, 0.3) is 0 Å². The van der Waals surface area contributed by atoms with E-state index in [0.29, 0.717) is 26.4 Å². The maximum atomic E-state index is 5.22. The lowest BCUT2D eigenvalue weighted by Gasteiger charge is -2.23. The molecule has 0 bridgehead atoms. The first-order valence-corrected chi connectivity index (χ1v) is 4.71. The molecule has 80 valence electrons. The normalized spacial score (nSPS) is 12.0. The van der Waals surface area contributed by atoms with Crippen LogP contribution in [0.1, 0.15) is 27.7 Å². The van der Waals surface area contributed by atoms with Crippen LogP contribution >= 0.6 is 0 Å². The number of quaternary nitrogens is 1. The molecule has 0 rings (SSSR count). The maximum absolute atomic E-state index is 5.22. The van der Waals surface area contributed by atoms with Crippen molar-refractivity contribution in [2.75, 3.05) is 26.4 Å². The Bertz CT molecular complexity index is 91.2. The second-order valence-corrected chi connectivity index (χ2v) is 2.12. The molecule has 0 amide bonds. The van der Waals surface area contributed by atoms with E-state index >= 15 is 0 Å². The highest BCUT2D eigenvalue weighted by Crippen LogP contribution is 2.12. The molecule has 5 nitrogen and oxygen atoms in total. The van der Waals surface area contributed by atoms with Crippen molar-refractivity contribution < 1.29 is 24.5 Å². The summed E-state index contributed by atoms with van der Waals surface area (Å²) in [5.74, 6) is 0. The molecule has 0 unspecified atom stereocenters. The highest BCUT2D eigenvalue weighted by Gasteiger charge is 2.36. The van der Waals surface area contributed by atoms with E-state index in [1.165, 1.54) is 0 Å². The third kappa shape index (κ3) is 4.54. The van der Waals surface area contributed by atoms with Crippen LogP contribution in [0.2, 0.25) is 0 Å². The average Bonchev–Trinajstić information content (AvgIpc) is 2.06. The molecule has 0 radical (unpaired) electrons. The molecular weight excluding hydrogens is 174 g/mol. The smallest absolute Gasteiger partial charge is 0.0967 e. The van der Waals surface area contributed by atoms with Gasteiger partial charge in [-0.3, -0.25) is 0 Å². The summed E-state index contributed by atoms with van der Waals surface area (Å²) in [6.45, 7) is 9.24. The van der Waals surface area contributed by atoms with E-state index in [1.807, 2.05) is 27.7 Å². The lowest BCUT2D eigenvalue weighted by molar-refractivity contribution is -1.47. The van der Waals surface area contributed by atoms with Crippen LogP contribution in [0.4, 0.5) is 0 Å². The van der Waals surface area contributed by atoms with Crippen molar-refractivity contribution >= 4 is 0 Å². The first-order chi connectivity index (χ1) is 6.24. The Kier molecular flexibility index (Phi) is 7.12. The van der Waals surface area contributed by atoms with Crippen LogP contribution in [0, 0.1) is 0 Å². The molecule has 5 heteroatoms. The minimum absolute atomic E-state index is 0.458. The molecule has 0 aromatic carbocycles. The fraction of sp³-hybridized carbons (Fsp3) is 1.00. The maximum Gasteiger partial charge on any atom is 0.247 e. The first-order valence-electron chi connectivity index (χ1n) is 4.71. The van der Waals surface area contributed by atoms with Gasteiger partial charge in [-0.15, -0.1) is 0 Å². The van der Waals surface area contributed by atoms with Gasteiger partial charge in [-0.25, -0.2) is 0 Å². The summed E-state index contributed by atoms with van der Waals surface area (Å²) in [4.78, 5) is 20.9. The second-order valence-electron chi connectivity index (χ2n) is 2.12. The zero-order chi connectivity index (χ0) is 10.2. The van der Waals surface area contributed by atoms with Crippen LogP contribution in [-0.2, 0) is 19.4 Å². The SMILES string of the molecule is CCO[N+](OCC)(OCC)OCC. The molecule has 0 spiro atoms. The fourth-order valence-electron chi connectivity index (χ4n) is 0.856. The van der Waals surface area contributed by atoms with Crippen molar-refractivity contribution in [3.05, 3.63) is 0 Å². The summed E-state index contributed by atoms with van der Waals surface area (Å²) in [6.07, 6.45) is 0. The Morgan fingerprint density at radius 1 is 0.615 bits per heavy atom. The molecule has 0 atom stereocenters. The van der Waals surface area contributed by atoms with Gasteiger partial charge in [0.1, 0.15) is 26.4 Å². The summed E-state index contributed by atoms with van der Waals surface area (Å²) < 4.78 is 0. The molecule has 0 saturated carbocycles. The van der Waals surface area contributed by atoms with Gasteiger partial charge in [0.05, 0.1) is 0 Å². The lowest BCUT2D eigenvalue weighted by atomic mass is 10.9.